The molecule has 84 valence electrons. The smallest absolute Gasteiger partial charge is 0.243 e. The van der Waals surface area contributed by atoms with Crippen molar-refractivity contribution >= 4 is 5.95 Å². The van der Waals surface area contributed by atoms with E-state index < -0.39 is 0 Å². The Morgan fingerprint density at radius 1 is 1.20 bits per heavy atom. The molecule has 1 aromatic rings. The number of aromatic nitrogens is 3. The summed E-state index contributed by atoms with van der Waals surface area (Å²) in [6.07, 6.45) is 0. The van der Waals surface area contributed by atoms with Crippen LogP contribution in [0.3, 0.4) is 0 Å². The number of hydrogen-bond donors (Lipinski definition) is 1. The van der Waals surface area contributed by atoms with Crippen LogP contribution < -0.4 is 5.32 Å². The summed E-state index contributed by atoms with van der Waals surface area (Å²) in [5.41, 5.74) is 1.81. The molecule has 0 fully saturated rings. The molecule has 1 rings (SSSR count). The maximum absolute atomic E-state index is 4.29. The second-order valence-corrected chi connectivity index (χ2v) is 3.63. The average molecular weight is 209 g/mol. The van der Waals surface area contributed by atoms with E-state index >= 15 is 0 Å². The Labute approximate surface area is 90.9 Å². The highest BCUT2D eigenvalue weighted by Gasteiger charge is 2.00. The van der Waals surface area contributed by atoms with E-state index in [9.17, 15) is 0 Å². The van der Waals surface area contributed by atoms with Crippen LogP contribution in [0.15, 0.2) is 0 Å². The third kappa shape index (κ3) is 3.79. The lowest BCUT2D eigenvalue weighted by atomic mass is 10.4. The Balaban J connectivity index is 2.41. The standard InChI is InChI=1S/C10H19N5/c1-5-15(4)7-6-11-10-12-8(2)9(3)13-14-10/h5-7H2,1-4H3,(H,11,12,14). The molecule has 15 heavy (non-hydrogen) atoms. The van der Waals surface area contributed by atoms with Crippen LogP contribution in [0.25, 0.3) is 0 Å². The molecular weight excluding hydrogens is 190 g/mol. The van der Waals surface area contributed by atoms with E-state index in [-0.39, 0.29) is 0 Å². The van der Waals surface area contributed by atoms with Crippen molar-refractivity contribution in [2.75, 3.05) is 32.0 Å². The third-order valence-corrected chi connectivity index (χ3v) is 2.41. The van der Waals surface area contributed by atoms with Crippen LogP contribution in [-0.4, -0.2) is 46.8 Å². The second-order valence-electron chi connectivity index (χ2n) is 3.63. The van der Waals surface area contributed by atoms with Crippen LogP contribution >= 0.6 is 0 Å². The van der Waals surface area contributed by atoms with Gasteiger partial charge in [0.1, 0.15) is 0 Å². The Morgan fingerprint density at radius 3 is 2.53 bits per heavy atom. The molecule has 5 nitrogen and oxygen atoms in total. The van der Waals surface area contributed by atoms with Crippen LogP contribution in [0.5, 0.6) is 0 Å². The van der Waals surface area contributed by atoms with E-state index in [1.165, 1.54) is 0 Å². The van der Waals surface area contributed by atoms with Gasteiger partial charge in [0.05, 0.1) is 11.4 Å². The normalized spacial score (nSPS) is 10.7. The predicted molar refractivity (Wildman–Crippen MR) is 61.0 cm³/mol. The van der Waals surface area contributed by atoms with Crippen molar-refractivity contribution in [1.29, 1.82) is 0 Å². The lowest BCUT2D eigenvalue weighted by Crippen LogP contribution is -2.25. The molecule has 0 amide bonds. The predicted octanol–water partition coefficient (Wildman–Crippen LogP) is 0.852. The van der Waals surface area contributed by atoms with Gasteiger partial charge in [-0.05, 0) is 27.4 Å². The van der Waals surface area contributed by atoms with Gasteiger partial charge in [-0.2, -0.15) is 5.10 Å². The minimum absolute atomic E-state index is 0.614. The van der Waals surface area contributed by atoms with E-state index in [1.54, 1.807) is 0 Å². The molecule has 0 aromatic carbocycles. The zero-order chi connectivity index (χ0) is 11.3. The second kappa shape index (κ2) is 5.60. The van der Waals surface area contributed by atoms with Gasteiger partial charge in [0.2, 0.25) is 5.95 Å². The molecule has 0 saturated heterocycles. The van der Waals surface area contributed by atoms with Gasteiger partial charge in [-0.3, -0.25) is 0 Å². The maximum Gasteiger partial charge on any atom is 0.243 e. The summed E-state index contributed by atoms with van der Waals surface area (Å²) in [7, 11) is 2.08. The number of nitrogens with one attached hydrogen (secondary N) is 1. The van der Waals surface area contributed by atoms with Gasteiger partial charge in [-0.25, -0.2) is 4.98 Å². The van der Waals surface area contributed by atoms with E-state index in [0.717, 1.165) is 31.0 Å². The molecule has 5 heteroatoms. The number of hydrogen-bond acceptors (Lipinski definition) is 5. The first kappa shape index (κ1) is 11.8. The summed E-state index contributed by atoms with van der Waals surface area (Å²) in [5, 5.41) is 11.1. The molecule has 1 N–H and O–H groups in total. The van der Waals surface area contributed by atoms with Crippen molar-refractivity contribution in [2.45, 2.75) is 20.8 Å². The van der Waals surface area contributed by atoms with Crippen LogP contribution in [0.1, 0.15) is 18.3 Å². The summed E-state index contributed by atoms with van der Waals surface area (Å²) in [6.45, 7) is 8.85. The minimum Gasteiger partial charge on any atom is -0.352 e. The van der Waals surface area contributed by atoms with E-state index in [0.29, 0.717) is 5.95 Å². The van der Waals surface area contributed by atoms with Gasteiger partial charge in [-0.15, -0.1) is 5.10 Å². The number of aryl methyl sites for hydroxylation is 2. The first-order chi connectivity index (χ1) is 7.13. The zero-order valence-corrected chi connectivity index (χ0v) is 9.91. The van der Waals surface area contributed by atoms with Crippen molar-refractivity contribution in [3.63, 3.8) is 0 Å². The quantitative estimate of drug-likeness (QED) is 0.779. The van der Waals surface area contributed by atoms with Crippen LogP contribution in [0.4, 0.5) is 5.95 Å². The van der Waals surface area contributed by atoms with Crippen molar-refractivity contribution in [1.82, 2.24) is 20.1 Å². The summed E-state index contributed by atoms with van der Waals surface area (Å²) in [6, 6.07) is 0. The van der Waals surface area contributed by atoms with Gasteiger partial charge in [0.25, 0.3) is 0 Å². The molecule has 0 bridgehead atoms. The highest BCUT2D eigenvalue weighted by Crippen LogP contribution is 2.01. The summed E-state index contributed by atoms with van der Waals surface area (Å²) in [4.78, 5) is 6.52. The third-order valence-electron chi connectivity index (χ3n) is 2.41. The summed E-state index contributed by atoms with van der Waals surface area (Å²) >= 11 is 0. The Bertz CT molecular complexity index is 313. The lowest BCUT2D eigenvalue weighted by molar-refractivity contribution is 0.366. The molecule has 0 aliphatic heterocycles. The zero-order valence-electron chi connectivity index (χ0n) is 9.91. The van der Waals surface area contributed by atoms with Gasteiger partial charge in [-0.1, -0.05) is 6.92 Å². The van der Waals surface area contributed by atoms with Crippen LogP contribution in [-0.2, 0) is 0 Å². The van der Waals surface area contributed by atoms with Gasteiger partial charge < -0.3 is 10.2 Å². The monoisotopic (exact) mass is 209 g/mol. The molecule has 0 radical (unpaired) electrons. The minimum atomic E-state index is 0.614. The summed E-state index contributed by atoms with van der Waals surface area (Å²) in [5.74, 6) is 0.614. The maximum atomic E-state index is 4.29. The fraction of sp³-hybridized carbons (Fsp3) is 0.700. The fourth-order valence-electron chi connectivity index (χ4n) is 1.05. The van der Waals surface area contributed by atoms with Crippen LogP contribution in [0.2, 0.25) is 0 Å². The molecule has 0 spiro atoms. The topological polar surface area (TPSA) is 53.9 Å². The number of likely N-dealkylation sites (N-methyl/N-ethyl adjacent to an activating group) is 1. The Hall–Kier alpha value is -1.23. The van der Waals surface area contributed by atoms with E-state index in [1.807, 2.05) is 13.8 Å². The largest absolute Gasteiger partial charge is 0.352 e. The first-order valence-electron chi connectivity index (χ1n) is 5.23. The van der Waals surface area contributed by atoms with E-state index in [4.69, 9.17) is 0 Å². The molecular formula is C10H19N5. The van der Waals surface area contributed by atoms with E-state index in [2.05, 4.69) is 39.4 Å². The Kier molecular flexibility index (Phi) is 4.42. The number of nitrogens with zero attached hydrogens (tertiary/aromatic N) is 4. The highest BCUT2D eigenvalue weighted by atomic mass is 15.2. The molecule has 1 aromatic heterocycles. The fourth-order valence-corrected chi connectivity index (χ4v) is 1.05. The van der Waals surface area contributed by atoms with Gasteiger partial charge in [0, 0.05) is 13.1 Å². The van der Waals surface area contributed by atoms with Crippen molar-refractivity contribution in [2.24, 2.45) is 0 Å². The Morgan fingerprint density at radius 2 is 1.93 bits per heavy atom. The molecule has 0 aliphatic carbocycles. The first-order valence-corrected chi connectivity index (χ1v) is 5.23. The number of rotatable bonds is 5. The molecule has 0 unspecified atom stereocenters. The molecule has 0 saturated carbocycles. The van der Waals surface area contributed by atoms with Crippen molar-refractivity contribution < 1.29 is 0 Å². The van der Waals surface area contributed by atoms with Gasteiger partial charge in [0.15, 0.2) is 0 Å². The van der Waals surface area contributed by atoms with Crippen molar-refractivity contribution in [3.8, 4) is 0 Å². The number of anilines is 1. The lowest BCUT2D eigenvalue weighted by Gasteiger charge is -2.13. The van der Waals surface area contributed by atoms with Crippen LogP contribution in [0, 0.1) is 13.8 Å². The average Bonchev–Trinajstić information content (AvgIpc) is 2.23. The molecule has 0 atom stereocenters. The molecule has 1 heterocycles. The summed E-state index contributed by atoms with van der Waals surface area (Å²) < 4.78 is 0. The van der Waals surface area contributed by atoms with Gasteiger partial charge >= 0.3 is 0 Å². The SMILES string of the molecule is CCN(C)CCNc1nnc(C)c(C)n1. The highest BCUT2D eigenvalue weighted by molar-refractivity contribution is 5.24. The molecule has 0 aliphatic rings. The van der Waals surface area contributed by atoms with Crippen molar-refractivity contribution in [3.05, 3.63) is 11.4 Å².